The Morgan fingerprint density at radius 3 is 2.50 bits per heavy atom. The maximum Gasteiger partial charge on any atom is 0.187 e. The number of allylic oxidation sites excluding steroid dienone is 2. The van der Waals surface area contributed by atoms with Crippen molar-refractivity contribution in [1.82, 2.24) is 0 Å². The molecular weight excluding hydrogens is 224 g/mol. The van der Waals surface area contributed by atoms with Gasteiger partial charge in [0.1, 0.15) is 0 Å². The Hall–Kier alpha value is -1.64. The smallest absolute Gasteiger partial charge is 0.187 e. The fourth-order valence-corrected chi connectivity index (χ4v) is 2.72. The molecule has 0 aromatic heterocycles. The second-order valence-corrected chi connectivity index (χ2v) is 5.00. The minimum absolute atomic E-state index is 0.567. The van der Waals surface area contributed by atoms with E-state index in [0.29, 0.717) is 5.56 Å². The number of fused-ring (bicyclic) bond motifs is 3. The van der Waals surface area contributed by atoms with E-state index in [9.17, 15) is 10.2 Å². The lowest BCUT2D eigenvalue weighted by Gasteiger charge is -2.21. The Morgan fingerprint density at radius 1 is 0.944 bits per heavy atom. The molecule has 0 saturated carbocycles. The molecule has 2 aromatic rings. The average molecular weight is 240 g/mol. The zero-order valence-electron chi connectivity index (χ0n) is 10.4. The molecular formula is C16H16O2. The lowest BCUT2D eigenvalue weighted by atomic mass is 9.88. The molecule has 2 nitrogen and oxygen atoms in total. The highest BCUT2D eigenvalue weighted by atomic mass is 16.5. The summed E-state index contributed by atoms with van der Waals surface area (Å²) in [6.07, 6.45) is 6.24. The van der Waals surface area contributed by atoms with Gasteiger partial charge in [-0.25, -0.2) is 0 Å². The van der Waals surface area contributed by atoms with Gasteiger partial charge in [0.2, 0.25) is 0 Å². The van der Waals surface area contributed by atoms with Crippen molar-refractivity contribution in [3.8, 4) is 0 Å². The van der Waals surface area contributed by atoms with Gasteiger partial charge in [-0.15, -0.1) is 0 Å². The second-order valence-electron chi connectivity index (χ2n) is 5.00. The molecule has 0 atom stereocenters. The molecule has 2 N–H and O–H groups in total. The molecule has 0 unspecified atom stereocenters. The maximum atomic E-state index is 9.83. The first kappa shape index (κ1) is 11.5. The molecule has 1 aliphatic rings. The summed E-state index contributed by atoms with van der Waals surface area (Å²) >= 11 is 0. The van der Waals surface area contributed by atoms with Crippen LogP contribution in [0.4, 0.5) is 0 Å². The zero-order valence-corrected chi connectivity index (χ0v) is 10.4. The first-order valence-electron chi connectivity index (χ1n) is 6.21. The third-order valence-electron chi connectivity index (χ3n) is 3.61. The van der Waals surface area contributed by atoms with Crippen molar-refractivity contribution in [1.29, 1.82) is 0 Å². The molecule has 2 heteroatoms. The highest BCUT2D eigenvalue weighted by molar-refractivity contribution is 5.90. The van der Waals surface area contributed by atoms with Crippen LogP contribution in [-0.4, -0.2) is 10.2 Å². The summed E-state index contributed by atoms with van der Waals surface area (Å²) in [7, 11) is 0. The van der Waals surface area contributed by atoms with Gasteiger partial charge in [0, 0.05) is 5.56 Å². The second kappa shape index (κ2) is 3.94. The molecule has 0 heterocycles. The van der Waals surface area contributed by atoms with E-state index in [1.165, 1.54) is 18.1 Å². The molecule has 18 heavy (non-hydrogen) atoms. The summed E-state index contributed by atoms with van der Waals surface area (Å²) in [5.41, 5.74) is 3.21. The number of aliphatic hydroxyl groups is 2. The molecule has 0 bridgehead atoms. The summed E-state index contributed by atoms with van der Waals surface area (Å²) in [5.74, 6) is -1.79. The van der Waals surface area contributed by atoms with Crippen LogP contribution in [0.5, 0.6) is 0 Å². The van der Waals surface area contributed by atoms with E-state index in [4.69, 9.17) is 0 Å². The average Bonchev–Trinajstić information content (AvgIpc) is 2.36. The Morgan fingerprint density at radius 2 is 1.72 bits per heavy atom. The summed E-state index contributed by atoms with van der Waals surface area (Å²) in [4.78, 5) is 0. The fourth-order valence-electron chi connectivity index (χ4n) is 2.72. The van der Waals surface area contributed by atoms with Crippen molar-refractivity contribution >= 4 is 10.8 Å². The molecule has 1 aliphatic carbocycles. The third-order valence-corrected chi connectivity index (χ3v) is 3.61. The molecule has 0 spiro atoms. The van der Waals surface area contributed by atoms with E-state index in [1.54, 1.807) is 6.07 Å². The molecule has 2 aromatic carbocycles. The van der Waals surface area contributed by atoms with Gasteiger partial charge in [0.15, 0.2) is 5.79 Å². The SMILES string of the molecule is CC(O)(O)c1cccc2c3c(ccc12)CC=CC3. The molecule has 3 rings (SSSR count). The van der Waals surface area contributed by atoms with E-state index in [2.05, 4.69) is 24.3 Å². The van der Waals surface area contributed by atoms with Crippen molar-refractivity contribution in [2.75, 3.05) is 0 Å². The molecule has 92 valence electrons. The van der Waals surface area contributed by atoms with Gasteiger partial charge in [0.25, 0.3) is 0 Å². The van der Waals surface area contributed by atoms with Crippen molar-refractivity contribution in [2.24, 2.45) is 0 Å². The van der Waals surface area contributed by atoms with Crippen LogP contribution in [0.15, 0.2) is 42.5 Å². The van der Waals surface area contributed by atoms with Crippen molar-refractivity contribution < 1.29 is 10.2 Å². The van der Waals surface area contributed by atoms with E-state index in [-0.39, 0.29) is 0 Å². The van der Waals surface area contributed by atoms with Crippen LogP contribution in [0.2, 0.25) is 0 Å². The number of hydrogen-bond acceptors (Lipinski definition) is 2. The van der Waals surface area contributed by atoms with Crippen molar-refractivity contribution in [3.63, 3.8) is 0 Å². The highest BCUT2D eigenvalue weighted by Gasteiger charge is 2.22. The first-order chi connectivity index (χ1) is 8.57. The predicted octanol–water partition coefficient (Wildman–Crippen LogP) is 2.65. The fraction of sp³-hybridized carbons (Fsp3) is 0.250. The number of benzene rings is 2. The molecule has 0 radical (unpaired) electrons. The van der Waals surface area contributed by atoms with Gasteiger partial charge >= 0.3 is 0 Å². The molecule has 0 aliphatic heterocycles. The van der Waals surface area contributed by atoms with E-state index >= 15 is 0 Å². The number of hydrogen-bond donors (Lipinski definition) is 2. The van der Waals surface area contributed by atoms with Gasteiger partial charge in [-0.2, -0.15) is 0 Å². The minimum Gasteiger partial charge on any atom is -0.362 e. The van der Waals surface area contributed by atoms with Crippen LogP contribution in [0.3, 0.4) is 0 Å². The highest BCUT2D eigenvalue weighted by Crippen LogP contribution is 2.32. The molecule has 0 amide bonds. The Bertz CT molecular complexity index is 633. The maximum absolute atomic E-state index is 9.83. The van der Waals surface area contributed by atoms with Crippen molar-refractivity contribution in [2.45, 2.75) is 25.6 Å². The third kappa shape index (κ3) is 1.74. The van der Waals surface area contributed by atoms with Gasteiger partial charge < -0.3 is 10.2 Å². The van der Waals surface area contributed by atoms with Gasteiger partial charge in [-0.1, -0.05) is 42.5 Å². The van der Waals surface area contributed by atoms with Crippen molar-refractivity contribution in [3.05, 3.63) is 59.2 Å². The summed E-state index contributed by atoms with van der Waals surface area (Å²) in [5, 5.41) is 21.7. The van der Waals surface area contributed by atoms with Crippen LogP contribution >= 0.6 is 0 Å². The van der Waals surface area contributed by atoms with Crippen LogP contribution in [0.25, 0.3) is 10.8 Å². The van der Waals surface area contributed by atoms with Gasteiger partial charge in [0.05, 0.1) is 0 Å². The molecule has 0 saturated heterocycles. The predicted molar refractivity (Wildman–Crippen MR) is 72.3 cm³/mol. The van der Waals surface area contributed by atoms with Crippen LogP contribution in [0, 0.1) is 0 Å². The Kier molecular flexibility index (Phi) is 2.51. The van der Waals surface area contributed by atoms with Gasteiger partial charge in [-0.05, 0) is 41.7 Å². The van der Waals surface area contributed by atoms with Crippen LogP contribution in [-0.2, 0) is 18.6 Å². The quantitative estimate of drug-likeness (QED) is 0.594. The lowest BCUT2D eigenvalue weighted by Crippen LogP contribution is -2.20. The summed E-state index contributed by atoms with van der Waals surface area (Å²) in [6, 6.07) is 9.81. The van der Waals surface area contributed by atoms with Gasteiger partial charge in [-0.3, -0.25) is 0 Å². The topological polar surface area (TPSA) is 40.5 Å². The number of rotatable bonds is 1. The largest absolute Gasteiger partial charge is 0.362 e. The first-order valence-corrected chi connectivity index (χ1v) is 6.21. The monoisotopic (exact) mass is 240 g/mol. The zero-order chi connectivity index (χ0) is 12.8. The summed E-state index contributed by atoms with van der Waals surface area (Å²) in [6.45, 7) is 1.40. The van der Waals surface area contributed by atoms with E-state index in [0.717, 1.165) is 23.6 Å². The van der Waals surface area contributed by atoms with E-state index in [1.807, 2.05) is 12.1 Å². The Labute approximate surface area is 106 Å². The normalized spacial score (nSPS) is 14.8. The van der Waals surface area contributed by atoms with Crippen LogP contribution in [0.1, 0.15) is 23.6 Å². The lowest BCUT2D eigenvalue weighted by molar-refractivity contribution is -0.151. The van der Waals surface area contributed by atoms with Crippen LogP contribution < -0.4 is 0 Å². The van der Waals surface area contributed by atoms with E-state index < -0.39 is 5.79 Å². The Balaban J connectivity index is 2.33. The summed E-state index contributed by atoms with van der Waals surface area (Å²) < 4.78 is 0. The molecule has 0 fully saturated rings. The minimum atomic E-state index is -1.79. The standard InChI is InChI=1S/C16H16O2/c1-16(17,18)15-8-4-7-13-12-6-3-2-5-11(12)9-10-14(13)15/h2-4,7-10,17-18H,5-6H2,1H3.